The van der Waals surface area contributed by atoms with Crippen LogP contribution in [0.5, 0.6) is 0 Å². The Morgan fingerprint density at radius 1 is 0.444 bits per heavy atom. The molecule has 0 aromatic carbocycles. The van der Waals surface area contributed by atoms with E-state index < -0.39 is 0 Å². The van der Waals surface area contributed by atoms with Crippen molar-refractivity contribution in [1.29, 1.82) is 0 Å². The van der Waals surface area contributed by atoms with Crippen molar-refractivity contribution in [1.82, 2.24) is 0 Å². The summed E-state index contributed by atoms with van der Waals surface area (Å²) >= 11 is 0. The zero-order chi connectivity index (χ0) is 0. The molecule has 0 aromatic rings. The second-order valence-electron chi connectivity index (χ2n) is 0. The molecule has 9 heavy (non-hydrogen) atoms. The van der Waals surface area contributed by atoms with E-state index in [0.29, 0.717) is 0 Å². The average molecular weight is 304 g/mol. The van der Waals surface area contributed by atoms with Crippen molar-refractivity contribution in [2.75, 3.05) is 0 Å². The molecule has 0 spiro atoms. The molecule has 7 nitrogen and oxygen atoms in total. The first-order chi connectivity index (χ1) is 0. The molecule has 0 unspecified atom stereocenters. The van der Waals surface area contributed by atoms with E-state index in [1.165, 1.54) is 0 Å². The third-order valence-electron chi connectivity index (χ3n) is 0. The molecule has 0 aliphatic rings. The van der Waals surface area contributed by atoms with Gasteiger partial charge in [-0.1, -0.05) is 0 Å². The van der Waals surface area contributed by atoms with Gasteiger partial charge < -0.3 is 38.3 Å². The topological polar surface area (TPSA) is 212 Å². The van der Waals surface area contributed by atoms with Crippen LogP contribution in [0.25, 0.3) is 0 Å². The van der Waals surface area contributed by atoms with Crippen LogP contribution in [0.3, 0.4) is 0 Å². The minimum atomic E-state index is 0. The molecular formula is H8O7SnZn. The molecule has 0 heterocycles. The van der Waals surface area contributed by atoms with E-state index in [4.69, 9.17) is 0 Å². The van der Waals surface area contributed by atoms with Crippen LogP contribution in [-0.4, -0.2) is 62.2 Å². The smallest absolute Gasteiger partial charge is 0.870 e. The summed E-state index contributed by atoms with van der Waals surface area (Å²) in [4.78, 5) is 0. The monoisotopic (exact) mass is 304 g/mol. The normalized spacial score (nSPS) is 0. The summed E-state index contributed by atoms with van der Waals surface area (Å²) < 4.78 is 0. The van der Waals surface area contributed by atoms with E-state index in [0.717, 1.165) is 0 Å². The largest absolute Gasteiger partial charge is 4.00 e. The van der Waals surface area contributed by atoms with Crippen molar-refractivity contribution in [3.05, 3.63) is 0 Å². The summed E-state index contributed by atoms with van der Waals surface area (Å²) in [6, 6.07) is 0. The first kappa shape index (κ1) is 650. The van der Waals surface area contributed by atoms with Gasteiger partial charge in [0.05, 0.1) is 0 Å². The van der Waals surface area contributed by atoms with E-state index in [1.54, 1.807) is 0 Å². The standard InChI is InChI=1S/7H2O.Sn.Zn/h7*1H2;;/q;;;;;;;+4;+2/p-6. The van der Waals surface area contributed by atoms with Crippen molar-refractivity contribution in [3.63, 3.8) is 0 Å². The maximum atomic E-state index is 0. The first-order valence-corrected chi connectivity index (χ1v) is 0. The molecule has 0 bridgehead atoms. The van der Waals surface area contributed by atoms with Gasteiger partial charge in [0.25, 0.3) is 0 Å². The molecule has 0 aliphatic heterocycles. The first-order valence-electron chi connectivity index (χ1n) is 0. The zero-order valence-corrected chi connectivity index (χ0v) is 10.2. The summed E-state index contributed by atoms with van der Waals surface area (Å²) in [7, 11) is 0. The number of hydrogen-bond donors (Lipinski definition) is 0. The van der Waals surface area contributed by atoms with Crippen LogP contribution in [0.4, 0.5) is 0 Å². The molecule has 56 valence electrons. The van der Waals surface area contributed by atoms with E-state index in [1.807, 2.05) is 0 Å². The van der Waals surface area contributed by atoms with Crippen LogP contribution >= 0.6 is 0 Å². The quantitative estimate of drug-likeness (QED) is 0.449. The van der Waals surface area contributed by atoms with E-state index in [9.17, 15) is 0 Å². The molecule has 0 aromatic heterocycles. The fourth-order valence-corrected chi connectivity index (χ4v) is 0. The molecule has 0 fully saturated rings. The van der Waals surface area contributed by atoms with Crippen molar-refractivity contribution in [3.8, 4) is 0 Å². The second kappa shape index (κ2) is 465. The van der Waals surface area contributed by atoms with Gasteiger partial charge in [0.1, 0.15) is 0 Å². The molecule has 9 heteroatoms. The molecule has 0 radical (unpaired) electrons. The Balaban J connectivity index is 0. The van der Waals surface area contributed by atoms with Gasteiger partial charge in [-0.25, -0.2) is 0 Å². The Bertz CT molecular complexity index is 8.88. The minimum Gasteiger partial charge on any atom is -0.870 e. The predicted octanol–water partition coefficient (Wildman–Crippen LogP) is -2.27. The third-order valence-corrected chi connectivity index (χ3v) is 0. The Morgan fingerprint density at radius 3 is 0.444 bits per heavy atom. The van der Waals surface area contributed by atoms with E-state index in [-0.39, 0.29) is 81.7 Å². The van der Waals surface area contributed by atoms with Gasteiger partial charge in [-0.3, -0.25) is 0 Å². The Morgan fingerprint density at radius 2 is 0.444 bits per heavy atom. The van der Waals surface area contributed by atoms with Crippen molar-refractivity contribution in [2.45, 2.75) is 0 Å². The van der Waals surface area contributed by atoms with Crippen LogP contribution in [-0.2, 0) is 19.5 Å². The van der Waals surface area contributed by atoms with Crippen LogP contribution in [0, 0.1) is 0 Å². The van der Waals surface area contributed by atoms with Gasteiger partial charge in [0.15, 0.2) is 0 Å². The van der Waals surface area contributed by atoms with Gasteiger partial charge in [0.2, 0.25) is 0 Å². The molecule has 0 aliphatic carbocycles. The molecule has 0 rings (SSSR count). The Hall–Kier alpha value is 1.14. The summed E-state index contributed by atoms with van der Waals surface area (Å²) in [5, 5.41) is 0. The summed E-state index contributed by atoms with van der Waals surface area (Å²) in [5.41, 5.74) is 0. The fraction of sp³-hybridized carbons (Fsp3) is 0. The van der Waals surface area contributed by atoms with Crippen LogP contribution in [0.15, 0.2) is 0 Å². The van der Waals surface area contributed by atoms with Gasteiger partial charge >= 0.3 is 43.4 Å². The average Bonchev–Trinajstić information content (AvgIpc) is 0. The van der Waals surface area contributed by atoms with Gasteiger partial charge in [-0.15, -0.1) is 0 Å². The molecule has 8 N–H and O–H groups in total. The SMILES string of the molecule is O.[OH-].[OH-].[OH-].[OH-].[OH-].[OH-].[Sn+4].[Zn+2]. The molecule has 0 atom stereocenters. The number of hydrogen-bond acceptors (Lipinski definition) is 6. The van der Waals surface area contributed by atoms with Gasteiger partial charge in [-0.05, 0) is 0 Å². The van der Waals surface area contributed by atoms with Crippen LogP contribution in [0.2, 0.25) is 0 Å². The third kappa shape index (κ3) is 358. The van der Waals surface area contributed by atoms with E-state index in [2.05, 4.69) is 0 Å². The summed E-state index contributed by atoms with van der Waals surface area (Å²) in [6.07, 6.45) is 0. The van der Waals surface area contributed by atoms with Crippen LogP contribution in [0.1, 0.15) is 0 Å². The van der Waals surface area contributed by atoms with Gasteiger partial charge in [-0.2, -0.15) is 0 Å². The Labute approximate surface area is 81.7 Å². The minimum absolute atomic E-state index is 0. The molecular weight excluding hydrogens is 296 g/mol. The molecule has 0 saturated carbocycles. The summed E-state index contributed by atoms with van der Waals surface area (Å²) in [5.74, 6) is 0. The second-order valence-corrected chi connectivity index (χ2v) is 0. The summed E-state index contributed by atoms with van der Waals surface area (Å²) in [6.45, 7) is 0. The van der Waals surface area contributed by atoms with E-state index >= 15 is 0 Å². The number of rotatable bonds is 0. The maximum absolute atomic E-state index is 0. The predicted molar refractivity (Wildman–Crippen MR) is 21.0 cm³/mol. The molecule has 0 amide bonds. The van der Waals surface area contributed by atoms with Gasteiger partial charge in [0, 0.05) is 0 Å². The van der Waals surface area contributed by atoms with Crippen molar-refractivity contribution < 1.29 is 57.8 Å². The molecule has 0 saturated heterocycles. The Kier molecular flexibility index (Phi) is 33600. The maximum Gasteiger partial charge on any atom is 4.00 e. The van der Waals surface area contributed by atoms with Crippen LogP contribution < -0.4 is 0 Å². The fourth-order valence-electron chi connectivity index (χ4n) is 0. The van der Waals surface area contributed by atoms with Crippen molar-refractivity contribution in [2.24, 2.45) is 0 Å². The van der Waals surface area contributed by atoms with Crippen molar-refractivity contribution >= 4 is 23.9 Å². The zero-order valence-electron chi connectivity index (χ0n) is 4.39.